The third-order valence-electron chi connectivity index (χ3n) is 6.35. The predicted octanol–water partition coefficient (Wildman–Crippen LogP) is 3.81. The molecule has 0 atom stereocenters. The van der Waals surface area contributed by atoms with Crippen LogP contribution in [0.15, 0.2) is 47.4 Å². The van der Waals surface area contributed by atoms with Crippen LogP contribution in [0.25, 0.3) is 10.9 Å². The molecule has 1 heterocycles. The molecule has 1 saturated carbocycles. The minimum atomic E-state index is -0.905. The van der Waals surface area contributed by atoms with Crippen molar-refractivity contribution in [3.05, 3.63) is 63.9 Å². The monoisotopic (exact) mass is 435 g/mol. The van der Waals surface area contributed by atoms with E-state index in [0.717, 1.165) is 42.0 Å². The molecule has 4 rings (SSSR count). The molecule has 166 valence electrons. The van der Waals surface area contributed by atoms with Crippen molar-refractivity contribution < 1.29 is 19.8 Å². The van der Waals surface area contributed by atoms with Crippen molar-refractivity contribution in [3.63, 3.8) is 0 Å². The third-order valence-corrected chi connectivity index (χ3v) is 6.35. The molecule has 8 nitrogen and oxygen atoms in total. The molecule has 0 bridgehead atoms. The van der Waals surface area contributed by atoms with Crippen molar-refractivity contribution in [2.75, 3.05) is 5.32 Å². The summed E-state index contributed by atoms with van der Waals surface area (Å²) in [5, 5.41) is 23.2. The lowest BCUT2D eigenvalue weighted by Gasteiger charge is -2.34. The van der Waals surface area contributed by atoms with Gasteiger partial charge >= 0.3 is 6.03 Å². The first-order valence-electron chi connectivity index (χ1n) is 10.5. The Balaban J connectivity index is 1.70. The highest BCUT2D eigenvalue weighted by Gasteiger charge is 2.31. The van der Waals surface area contributed by atoms with Crippen LogP contribution in [0.3, 0.4) is 0 Å². The number of carbonyl (C=O) groups is 2. The van der Waals surface area contributed by atoms with Crippen LogP contribution >= 0.6 is 0 Å². The van der Waals surface area contributed by atoms with Crippen LogP contribution in [0.2, 0.25) is 0 Å². The molecule has 2 aromatic carbocycles. The average Bonchev–Trinajstić information content (AvgIpc) is 2.74. The highest BCUT2D eigenvalue weighted by molar-refractivity contribution is 6.07. The first-order valence-corrected chi connectivity index (χ1v) is 10.5. The van der Waals surface area contributed by atoms with E-state index < -0.39 is 17.4 Å². The van der Waals surface area contributed by atoms with Crippen molar-refractivity contribution in [2.24, 2.45) is 5.73 Å². The van der Waals surface area contributed by atoms with E-state index in [-0.39, 0.29) is 33.4 Å². The number of aromatic nitrogens is 1. The molecule has 8 heteroatoms. The zero-order chi connectivity index (χ0) is 23.0. The first-order chi connectivity index (χ1) is 15.2. The summed E-state index contributed by atoms with van der Waals surface area (Å²) in [6.45, 7) is 2.13. The van der Waals surface area contributed by atoms with Crippen LogP contribution < -0.4 is 16.5 Å². The van der Waals surface area contributed by atoms with E-state index in [4.69, 9.17) is 5.73 Å². The molecule has 0 saturated heterocycles. The van der Waals surface area contributed by atoms with Crippen LogP contribution in [0.4, 0.5) is 10.5 Å². The number of nitrogens with zero attached hydrogens (tertiary/aromatic N) is 1. The second kappa shape index (κ2) is 8.03. The SMILES string of the molecule is CC1(c2ccc(NC(=O)c3cn(C(N)=O)c4cccc(O)c4c3=O)cc2O)CCCCC1. The molecule has 1 aliphatic rings. The van der Waals surface area contributed by atoms with Crippen molar-refractivity contribution in [3.8, 4) is 11.5 Å². The molecule has 1 aromatic heterocycles. The number of fused-ring (bicyclic) bond motifs is 1. The zero-order valence-corrected chi connectivity index (χ0v) is 17.7. The lowest BCUT2D eigenvalue weighted by atomic mass is 9.70. The molecular formula is C24H25N3O5. The van der Waals surface area contributed by atoms with Gasteiger partial charge in [-0.05, 0) is 42.0 Å². The van der Waals surface area contributed by atoms with E-state index in [1.165, 1.54) is 30.7 Å². The van der Waals surface area contributed by atoms with Gasteiger partial charge in [0.2, 0.25) is 5.43 Å². The Bertz CT molecular complexity index is 1290. The van der Waals surface area contributed by atoms with Crippen molar-refractivity contribution >= 4 is 28.5 Å². The number of primary amides is 1. The number of amides is 2. The smallest absolute Gasteiger partial charge is 0.323 e. The van der Waals surface area contributed by atoms with Gasteiger partial charge in [-0.2, -0.15) is 0 Å². The number of aromatic hydroxyl groups is 2. The Labute approximate surface area is 184 Å². The quantitative estimate of drug-likeness (QED) is 0.496. The van der Waals surface area contributed by atoms with Gasteiger partial charge < -0.3 is 21.3 Å². The van der Waals surface area contributed by atoms with Crippen LogP contribution in [0.1, 0.15) is 54.9 Å². The van der Waals surface area contributed by atoms with E-state index in [1.807, 2.05) is 0 Å². The third kappa shape index (κ3) is 3.68. The molecule has 0 radical (unpaired) electrons. The van der Waals surface area contributed by atoms with E-state index in [2.05, 4.69) is 12.2 Å². The predicted molar refractivity (Wildman–Crippen MR) is 121 cm³/mol. The van der Waals surface area contributed by atoms with Gasteiger partial charge in [-0.1, -0.05) is 38.3 Å². The van der Waals surface area contributed by atoms with Crippen LogP contribution in [-0.2, 0) is 5.41 Å². The number of rotatable bonds is 3. The highest BCUT2D eigenvalue weighted by Crippen LogP contribution is 2.43. The van der Waals surface area contributed by atoms with Crippen LogP contribution in [0, 0.1) is 0 Å². The fourth-order valence-electron chi connectivity index (χ4n) is 4.62. The van der Waals surface area contributed by atoms with Gasteiger partial charge in [0.15, 0.2) is 0 Å². The maximum atomic E-state index is 12.9. The minimum absolute atomic E-state index is 0.0814. The van der Waals surface area contributed by atoms with Gasteiger partial charge in [-0.15, -0.1) is 0 Å². The van der Waals surface area contributed by atoms with Crippen LogP contribution in [-0.4, -0.2) is 26.7 Å². The molecule has 0 unspecified atom stereocenters. The second-order valence-corrected chi connectivity index (χ2v) is 8.56. The second-order valence-electron chi connectivity index (χ2n) is 8.56. The fourth-order valence-corrected chi connectivity index (χ4v) is 4.62. The number of phenolic OH excluding ortho intramolecular Hbond substituents is 2. The van der Waals surface area contributed by atoms with Gasteiger partial charge in [-0.25, -0.2) is 4.79 Å². The van der Waals surface area contributed by atoms with E-state index in [0.29, 0.717) is 5.69 Å². The normalized spacial score (nSPS) is 15.4. The summed E-state index contributed by atoms with van der Waals surface area (Å²) < 4.78 is 0.940. The van der Waals surface area contributed by atoms with E-state index in [9.17, 15) is 24.6 Å². The summed E-state index contributed by atoms with van der Waals surface area (Å²) in [4.78, 5) is 37.6. The number of nitrogens with two attached hydrogens (primary N) is 1. The Morgan fingerprint density at radius 2 is 1.78 bits per heavy atom. The first kappa shape index (κ1) is 21.4. The number of anilines is 1. The lowest BCUT2D eigenvalue weighted by Crippen LogP contribution is -2.28. The van der Waals surface area contributed by atoms with E-state index in [1.54, 1.807) is 12.1 Å². The van der Waals surface area contributed by atoms with Gasteiger partial charge in [0.25, 0.3) is 5.91 Å². The highest BCUT2D eigenvalue weighted by atomic mass is 16.3. The number of hydrogen-bond acceptors (Lipinski definition) is 5. The minimum Gasteiger partial charge on any atom is -0.508 e. The molecule has 0 spiro atoms. The Morgan fingerprint density at radius 3 is 2.44 bits per heavy atom. The Hall–Kier alpha value is -3.81. The summed E-state index contributed by atoms with van der Waals surface area (Å²) in [7, 11) is 0. The number of pyridine rings is 1. The fraction of sp³-hybridized carbons (Fsp3) is 0.292. The Kier molecular flexibility index (Phi) is 5.38. The topological polar surface area (TPSA) is 135 Å². The summed E-state index contributed by atoms with van der Waals surface area (Å²) in [5.41, 5.74) is 5.43. The number of hydrogen-bond donors (Lipinski definition) is 4. The molecule has 5 N–H and O–H groups in total. The maximum Gasteiger partial charge on any atom is 0.323 e. The zero-order valence-electron chi connectivity index (χ0n) is 17.7. The number of nitrogens with one attached hydrogen (secondary N) is 1. The molecule has 3 aromatic rings. The molecular weight excluding hydrogens is 410 g/mol. The molecule has 2 amide bonds. The average molecular weight is 435 g/mol. The van der Waals surface area contributed by atoms with Crippen molar-refractivity contribution in [2.45, 2.75) is 44.4 Å². The van der Waals surface area contributed by atoms with Crippen molar-refractivity contribution in [1.29, 1.82) is 0 Å². The van der Waals surface area contributed by atoms with Gasteiger partial charge in [0.1, 0.15) is 17.1 Å². The maximum absolute atomic E-state index is 12.9. The van der Waals surface area contributed by atoms with Gasteiger partial charge in [0.05, 0.1) is 10.9 Å². The standard InChI is InChI=1S/C24H25N3O5/c1-24(10-3-2-4-11-24)16-9-8-14(12-19(16)29)26-22(31)15-13-27(23(25)32)17-6-5-7-18(28)20(17)21(15)30/h5-9,12-13,28-29H,2-4,10-11H2,1H3,(H2,25,32)(H,26,31). The number of carbonyl (C=O) groups excluding carboxylic acids is 2. The summed E-state index contributed by atoms with van der Waals surface area (Å²) in [6.07, 6.45) is 6.43. The van der Waals surface area contributed by atoms with Crippen LogP contribution in [0.5, 0.6) is 11.5 Å². The number of phenols is 2. The summed E-state index contributed by atoms with van der Waals surface area (Å²) in [5.74, 6) is -1.07. The Morgan fingerprint density at radius 1 is 1.06 bits per heavy atom. The van der Waals surface area contributed by atoms with Crippen molar-refractivity contribution in [1.82, 2.24) is 4.57 Å². The lowest BCUT2D eigenvalue weighted by molar-refractivity contribution is 0.102. The summed E-state index contributed by atoms with van der Waals surface area (Å²) in [6, 6.07) is 8.23. The molecule has 0 aliphatic heterocycles. The van der Waals surface area contributed by atoms with Gasteiger partial charge in [0, 0.05) is 18.0 Å². The molecule has 1 aliphatic carbocycles. The van der Waals surface area contributed by atoms with Gasteiger partial charge in [-0.3, -0.25) is 14.2 Å². The molecule has 1 fully saturated rings. The molecule has 32 heavy (non-hydrogen) atoms. The largest absolute Gasteiger partial charge is 0.508 e. The summed E-state index contributed by atoms with van der Waals surface area (Å²) >= 11 is 0. The van der Waals surface area contributed by atoms with E-state index >= 15 is 0 Å². The number of benzene rings is 2.